The molecule has 0 saturated carbocycles. The van der Waals surface area contributed by atoms with Gasteiger partial charge in [-0.15, -0.1) is 11.3 Å². The van der Waals surface area contributed by atoms with Crippen LogP contribution in [0.2, 0.25) is 0 Å². The number of aryl methyl sites for hydroxylation is 1. The van der Waals surface area contributed by atoms with Crippen LogP contribution < -0.4 is 10.1 Å². The molecule has 1 amide bonds. The summed E-state index contributed by atoms with van der Waals surface area (Å²) >= 11 is 1.33. The number of rotatable bonds is 5. The Bertz CT molecular complexity index is 846. The molecule has 6 heteroatoms. The number of amides is 1. The van der Waals surface area contributed by atoms with Crippen LogP contribution in [0.15, 0.2) is 48.7 Å². The number of carbonyl (C=O) groups excluding carboxylic acids is 1. The molecule has 0 atom stereocenters. The molecule has 3 aromatic rings. The highest BCUT2D eigenvalue weighted by molar-refractivity contribution is 7.17. The molecule has 0 radical (unpaired) electrons. The first kappa shape index (κ1) is 16.1. The second-order valence-electron chi connectivity index (χ2n) is 5.03. The normalized spacial score (nSPS) is 10.4. The maximum absolute atomic E-state index is 12.6. The van der Waals surface area contributed by atoms with Crippen LogP contribution in [0.25, 0.3) is 10.7 Å². The van der Waals surface area contributed by atoms with Gasteiger partial charge in [-0.05, 0) is 38.1 Å². The van der Waals surface area contributed by atoms with Crippen LogP contribution in [0.4, 0.5) is 5.69 Å². The van der Waals surface area contributed by atoms with E-state index < -0.39 is 0 Å². The third-order valence-corrected chi connectivity index (χ3v) is 4.50. The lowest BCUT2D eigenvalue weighted by Gasteiger charge is -2.10. The third-order valence-electron chi connectivity index (χ3n) is 3.32. The van der Waals surface area contributed by atoms with Crippen molar-refractivity contribution >= 4 is 22.9 Å². The van der Waals surface area contributed by atoms with Gasteiger partial charge in [0.25, 0.3) is 5.91 Å². The molecule has 122 valence electrons. The van der Waals surface area contributed by atoms with E-state index in [9.17, 15) is 4.79 Å². The standard InChI is InChI=1S/C18H17N3O2S/c1-3-23-15-10-5-4-8-13(15)21-17(22)16-12(2)20-18(24-16)14-9-6-7-11-19-14/h4-11H,3H2,1-2H3,(H,21,22). The Morgan fingerprint density at radius 2 is 2.00 bits per heavy atom. The SMILES string of the molecule is CCOc1ccccc1NC(=O)c1sc(-c2ccccn2)nc1C. The van der Waals surface area contributed by atoms with Gasteiger partial charge < -0.3 is 10.1 Å². The zero-order valence-electron chi connectivity index (χ0n) is 13.4. The summed E-state index contributed by atoms with van der Waals surface area (Å²) in [6.07, 6.45) is 1.71. The molecule has 0 aliphatic rings. The Kier molecular flexibility index (Phi) is 4.86. The van der Waals surface area contributed by atoms with E-state index in [-0.39, 0.29) is 5.91 Å². The maximum Gasteiger partial charge on any atom is 0.267 e. The number of pyridine rings is 1. The molecule has 0 unspecified atom stereocenters. The summed E-state index contributed by atoms with van der Waals surface area (Å²) in [6, 6.07) is 13.0. The molecule has 0 spiro atoms. The molecule has 1 aromatic carbocycles. The van der Waals surface area contributed by atoms with Gasteiger partial charge in [0.2, 0.25) is 0 Å². The zero-order valence-corrected chi connectivity index (χ0v) is 14.3. The summed E-state index contributed by atoms with van der Waals surface area (Å²) in [5, 5.41) is 3.64. The van der Waals surface area contributed by atoms with Crippen molar-refractivity contribution in [3.63, 3.8) is 0 Å². The van der Waals surface area contributed by atoms with Gasteiger partial charge in [0.1, 0.15) is 15.6 Å². The van der Waals surface area contributed by atoms with Gasteiger partial charge in [-0.25, -0.2) is 4.98 Å². The topological polar surface area (TPSA) is 64.1 Å². The van der Waals surface area contributed by atoms with Crippen LogP contribution >= 0.6 is 11.3 Å². The molecule has 5 nitrogen and oxygen atoms in total. The summed E-state index contributed by atoms with van der Waals surface area (Å²) in [6.45, 7) is 4.27. The fraction of sp³-hybridized carbons (Fsp3) is 0.167. The van der Waals surface area contributed by atoms with E-state index in [0.29, 0.717) is 28.6 Å². The Hall–Kier alpha value is -2.73. The quantitative estimate of drug-likeness (QED) is 0.758. The van der Waals surface area contributed by atoms with Crippen LogP contribution in [0, 0.1) is 6.92 Å². The Morgan fingerprint density at radius 1 is 1.21 bits per heavy atom. The number of anilines is 1. The van der Waals surface area contributed by atoms with Crippen molar-refractivity contribution < 1.29 is 9.53 Å². The number of nitrogens with zero attached hydrogens (tertiary/aromatic N) is 2. The number of benzene rings is 1. The Labute approximate surface area is 144 Å². The molecule has 0 aliphatic heterocycles. The van der Waals surface area contributed by atoms with Gasteiger partial charge in [-0.3, -0.25) is 9.78 Å². The van der Waals surface area contributed by atoms with E-state index in [1.807, 2.05) is 56.3 Å². The van der Waals surface area contributed by atoms with Gasteiger partial charge in [-0.1, -0.05) is 18.2 Å². The fourth-order valence-electron chi connectivity index (χ4n) is 2.24. The van der Waals surface area contributed by atoms with Crippen molar-refractivity contribution in [3.8, 4) is 16.5 Å². The van der Waals surface area contributed by atoms with Gasteiger partial charge in [0.15, 0.2) is 0 Å². The molecular formula is C18H17N3O2S. The lowest BCUT2D eigenvalue weighted by molar-refractivity contribution is 0.102. The van der Waals surface area contributed by atoms with E-state index >= 15 is 0 Å². The minimum atomic E-state index is -0.195. The van der Waals surface area contributed by atoms with Crippen molar-refractivity contribution in [2.45, 2.75) is 13.8 Å². The molecule has 2 aromatic heterocycles. The summed E-state index contributed by atoms with van der Waals surface area (Å²) in [5.74, 6) is 0.458. The number of ether oxygens (including phenoxy) is 1. The second kappa shape index (κ2) is 7.23. The van der Waals surface area contributed by atoms with Crippen LogP contribution in [0.3, 0.4) is 0 Å². The van der Waals surface area contributed by atoms with E-state index in [2.05, 4.69) is 15.3 Å². The molecule has 3 rings (SSSR count). The molecule has 2 heterocycles. The van der Waals surface area contributed by atoms with E-state index in [4.69, 9.17) is 4.74 Å². The smallest absolute Gasteiger partial charge is 0.267 e. The Balaban J connectivity index is 1.85. The van der Waals surface area contributed by atoms with Crippen LogP contribution in [-0.2, 0) is 0 Å². The largest absolute Gasteiger partial charge is 0.492 e. The second-order valence-corrected chi connectivity index (χ2v) is 6.03. The summed E-state index contributed by atoms with van der Waals surface area (Å²) in [5.41, 5.74) is 2.10. The first-order valence-corrected chi connectivity index (χ1v) is 8.42. The average molecular weight is 339 g/mol. The summed E-state index contributed by atoms with van der Waals surface area (Å²) < 4.78 is 5.54. The zero-order chi connectivity index (χ0) is 16.9. The van der Waals surface area contributed by atoms with Gasteiger partial charge in [-0.2, -0.15) is 0 Å². The molecular weight excluding hydrogens is 322 g/mol. The van der Waals surface area contributed by atoms with Gasteiger partial charge in [0, 0.05) is 6.20 Å². The van der Waals surface area contributed by atoms with Crippen LogP contribution in [0.1, 0.15) is 22.3 Å². The molecule has 0 fully saturated rings. The van der Waals surface area contributed by atoms with Crippen molar-refractivity contribution in [1.82, 2.24) is 9.97 Å². The molecule has 24 heavy (non-hydrogen) atoms. The molecule has 0 aliphatic carbocycles. The number of thiazole rings is 1. The number of hydrogen-bond donors (Lipinski definition) is 1. The van der Waals surface area contributed by atoms with Crippen LogP contribution in [-0.4, -0.2) is 22.5 Å². The maximum atomic E-state index is 12.6. The Morgan fingerprint density at radius 3 is 2.75 bits per heavy atom. The van der Waals surface area contributed by atoms with E-state index in [1.165, 1.54) is 11.3 Å². The molecule has 0 saturated heterocycles. The lowest BCUT2D eigenvalue weighted by atomic mass is 10.2. The summed E-state index contributed by atoms with van der Waals surface area (Å²) in [4.78, 5) is 21.9. The summed E-state index contributed by atoms with van der Waals surface area (Å²) in [7, 11) is 0. The minimum absolute atomic E-state index is 0.195. The highest BCUT2D eigenvalue weighted by Gasteiger charge is 2.18. The number of para-hydroxylation sites is 2. The number of hydrogen-bond acceptors (Lipinski definition) is 5. The monoisotopic (exact) mass is 339 g/mol. The van der Waals surface area contributed by atoms with Crippen molar-refractivity contribution in [1.29, 1.82) is 0 Å². The van der Waals surface area contributed by atoms with Crippen molar-refractivity contribution in [3.05, 3.63) is 59.2 Å². The minimum Gasteiger partial charge on any atom is -0.492 e. The number of carbonyl (C=O) groups is 1. The van der Waals surface area contributed by atoms with Gasteiger partial charge in [0.05, 0.1) is 23.7 Å². The fourth-order valence-corrected chi connectivity index (χ4v) is 3.17. The van der Waals surface area contributed by atoms with Crippen molar-refractivity contribution in [2.75, 3.05) is 11.9 Å². The van der Waals surface area contributed by atoms with E-state index in [0.717, 1.165) is 10.7 Å². The lowest BCUT2D eigenvalue weighted by Crippen LogP contribution is -2.12. The van der Waals surface area contributed by atoms with Gasteiger partial charge >= 0.3 is 0 Å². The average Bonchev–Trinajstić information content (AvgIpc) is 3.00. The molecule has 0 bridgehead atoms. The molecule has 1 N–H and O–H groups in total. The van der Waals surface area contributed by atoms with Crippen molar-refractivity contribution in [2.24, 2.45) is 0 Å². The highest BCUT2D eigenvalue weighted by Crippen LogP contribution is 2.29. The first-order valence-electron chi connectivity index (χ1n) is 7.61. The predicted octanol–water partition coefficient (Wildman–Crippen LogP) is 4.16. The predicted molar refractivity (Wildman–Crippen MR) is 95.6 cm³/mol. The number of aromatic nitrogens is 2. The van der Waals surface area contributed by atoms with E-state index in [1.54, 1.807) is 6.20 Å². The first-order chi connectivity index (χ1) is 11.7. The highest BCUT2D eigenvalue weighted by atomic mass is 32.1. The van der Waals surface area contributed by atoms with Crippen LogP contribution in [0.5, 0.6) is 5.75 Å². The third kappa shape index (κ3) is 3.44. The number of nitrogens with one attached hydrogen (secondary N) is 1.